The number of benzene rings is 1. The minimum atomic E-state index is -0.560. The number of imidazole rings is 1. The van der Waals surface area contributed by atoms with Crippen molar-refractivity contribution in [2.75, 3.05) is 5.73 Å². The maximum Gasteiger partial charge on any atom is 0.408 e. The topological polar surface area (TPSA) is 93.0 Å². The molecule has 0 saturated heterocycles. The van der Waals surface area contributed by atoms with Gasteiger partial charge in [0, 0.05) is 17.4 Å². The van der Waals surface area contributed by atoms with E-state index in [0.29, 0.717) is 17.9 Å². The number of anilines is 1. The number of amides is 1. The Kier molecular flexibility index (Phi) is 5.28. The Bertz CT molecular complexity index is 716. The first-order valence-corrected chi connectivity index (χ1v) is 7.81. The summed E-state index contributed by atoms with van der Waals surface area (Å²) in [6.07, 6.45) is 3.53. The van der Waals surface area contributed by atoms with Crippen LogP contribution in [-0.2, 0) is 4.74 Å². The molecule has 0 spiro atoms. The summed E-state index contributed by atoms with van der Waals surface area (Å²) >= 11 is 0. The summed E-state index contributed by atoms with van der Waals surface area (Å²) in [4.78, 5) is 19.7. The Morgan fingerprint density at radius 1 is 1.46 bits per heavy atom. The van der Waals surface area contributed by atoms with Crippen LogP contribution in [0.2, 0.25) is 0 Å². The molecule has 0 aliphatic rings. The highest BCUT2D eigenvalue weighted by Gasteiger charge is 2.22. The number of hydrogen-bond acceptors (Lipinski definition) is 4. The molecule has 4 N–H and O–H groups in total. The monoisotopic (exact) mass is 328 g/mol. The van der Waals surface area contributed by atoms with Gasteiger partial charge in [0.05, 0.1) is 11.7 Å². The second-order valence-corrected chi connectivity index (χ2v) is 6.48. The van der Waals surface area contributed by atoms with Crippen molar-refractivity contribution >= 4 is 11.8 Å². The van der Waals surface area contributed by atoms with E-state index in [4.69, 9.17) is 10.5 Å². The Morgan fingerprint density at radius 3 is 2.79 bits per heavy atom. The molecule has 1 amide bonds. The molecule has 0 radical (unpaired) electrons. The Balaban J connectivity index is 2.19. The number of nitrogens with one attached hydrogen (secondary N) is 2. The average Bonchev–Trinajstić information content (AvgIpc) is 2.95. The lowest BCUT2D eigenvalue weighted by Crippen LogP contribution is -2.35. The number of carbonyl (C=O) groups excluding carboxylic acids is 1. The van der Waals surface area contributed by atoms with Gasteiger partial charge in [-0.05, 0) is 33.3 Å². The SMILES string of the molecule is C=CC[C@H](NC(=O)OC(C)(C)C)c1nc(-c2ccccc2N)c[nH]1. The summed E-state index contributed by atoms with van der Waals surface area (Å²) in [5.41, 5.74) is 7.64. The fraction of sp³-hybridized carbons (Fsp3) is 0.333. The van der Waals surface area contributed by atoms with E-state index in [2.05, 4.69) is 21.9 Å². The molecule has 24 heavy (non-hydrogen) atoms. The molecule has 128 valence electrons. The quantitative estimate of drug-likeness (QED) is 0.575. The number of nitrogens with two attached hydrogens (primary N) is 1. The number of carbonyl (C=O) groups is 1. The fourth-order valence-electron chi connectivity index (χ4n) is 2.24. The van der Waals surface area contributed by atoms with Crippen LogP contribution in [0, 0.1) is 0 Å². The van der Waals surface area contributed by atoms with Crippen LogP contribution in [0.5, 0.6) is 0 Å². The number of aromatic amines is 1. The third-order valence-corrected chi connectivity index (χ3v) is 3.26. The third kappa shape index (κ3) is 4.62. The maximum absolute atomic E-state index is 12.0. The summed E-state index contributed by atoms with van der Waals surface area (Å²) in [7, 11) is 0. The molecule has 1 aromatic heterocycles. The molecule has 0 saturated carbocycles. The fourth-order valence-corrected chi connectivity index (χ4v) is 2.24. The molecule has 6 nitrogen and oxygen atoms in total. The highest BCUT2D eigenvalue weighted by atomic mass is 16.6. The van der Waals surface area contributed by atoms with Crippen molar-refractivity contribution in [3.05, 3.63) is 48.9 Å². The number of nitrogens with zero attached hydrogens (tertiary/aromatic N) is 1. The lowest BCUT2D eigenvalue weighted by molar-refractivity contribution is 0.0502. The van der Waals surface area contributed by atoms with Gasteiger partial charge in [-0.1, -0.05) is 24.3 Å². The Morgan fingerprint density at radius 2 is 2.17 bits per heavy atom. The van der Waals surface area contributed by atoms with Gasteiger partial charge in [0.2, 0.25) is 0 Å². The summed E-state index contributed by atoms with van der Waals surface area (Å²) < 4.78 is 5.30. The largest absolute Gasteiger partial charge is 0.444 e. The van der Waals surface area contributed by atoms with Crippen LogP contribution in [0.1, 0.15) is 39.1 Å². The van der Waals surface area contributed by atoms with Crippen molar-refractivity contribution in [2.24, 2.45) is 0 Å². The predicted octanol–water partition coefficient (Wildman–Crippen LogP) is 3.80. The predicted molar refractivity (Wildman–Crippen MR) is 95.4 cm³/mol. The molecule has 2 rings (SSSR count). The lowest BCUT2D eigenvalue weighted by atomic mass is 10.1. The highest BCUT2D eigenvalue weighted by Crippen LogP contribution is 2.25. The van der Waals surface area contributed by atoms with Crippen LogP contribution in [0.15, 0.2) is 43.1 Å². The van der Waals surface area contributed by atoms with Gasteiger partial charge in [0.25, 0.3) is 0 Å². The van der Waals surface area contributed by atoms with E-state index in [1.54, 1.807) is 12.3 Å². The number of hydrogen-bond donors (Lipinski definition) is 3. The van der Waals surface area contributed by atoms with Gasteiger partial charge in [-0.15, -0.1) is 6.58 Å². The van der Waals surface area contributed by atoms with Crippen molar-refractivity contribution in [2.45, 2.75) is 38.8 Å². The first kappa shape index (κ1) is 17.6. The molecule has 1 aromatic carbocycles. The highest BCUT2D eigenvalue weighted by molar-refractivity contribution is 5.73. The number of aromatic nitrogens is 2. The van der Waals surface area contributed by atoms with Gasteiger partial charge < -0.3 is 20.8 Å². The number of rotatable bonds is 5. The molecule has 0 unspecified atom stereocenters. The smallest absolute Gasteiger partial charge is 0.408 e. The van der Waals surface area contributed by atoms with Crippen molar-refractivity contribution < 1.29 is 9.53 Å². The summed E-state index contributed by atoms with van der Waals surface area (Å²) in [6.45, 7) is 9.19. The van der Waals surface area contributed by atoms with Gasteiger partial charge in [0.15, 0.2) is 0 Å². The number of nitrogen functional groups attached to an aromatic ring is 1. The van der Waals surface area contributed by atoms with Crippen LogP contribution in [0.25, 0.3) is 11.3 Å². The Hall–Kier alpha value is -2.76. The molecule has 0 aliphatic heterocycles. The number of para-hydroxylation sites is 1. The molecular formula is C18H24N4O2. The zero-order valence-electron chi connectivity index (χ0n) is 14.3. The maximum atomic E-state index is 12.0. The summed E-state index contributed by atoms with van der Waals surface area (Å²) in [6, 6.07) is 7.15. The standard InChI is InChI=1S/C18H24N4O2/c1-5-8-14(22-17(23)24-18(2,3)4)16-20-11-15(21-16)12-9-6-7-10-13(12)19/h5-7,9-11,14H,1,8,19H2,2-4H3,(H,20,21)(H,22,23)/t14-/m0/s1. The molecule has 1 atom stereocenters. The lowest BCUT2D eigenvalue weighted by Gasteiger charge is -2.22. The van der Waals surface area contributed by atoms with Gasteiger partial charge >= 0.3 is 6.09 Å². The second kappa shape index (κ2) is 7.21. The van der Waals surface area contributed by atoms with E-state index in [9.17, 15) is 4.79 Å². The van der Waals surface area contributed by atoms with E-state index in [1.165, 1.54) is 0 Å². The van der Waals surface area contributed by atoms with Crippen LogP contribution in [0.4, 0.5) is 10.5 Å². The van der Waals surface area contributed by atoms with E-state index in [1.807, 2.05) is 45.0 Å². The first-order valence-electron chi connectivity index (χ1n) is 7.81. The summed E-state index contributed by atoms with van der Waals surface area (Å²) in [5, 5.41) is 2.81. The normalized spacial score (nSPS) is 12.5. The molecule has 0 bridgehead atoms. The van der Waals surface area contributed by atoms with Gasteiger partial charge in [-0.3, -0.25) is 0 Å². The van der Waals surface area contributed by atoms with Crippen LogP contribution in [-0.4, -0.2) is 21.7 Å². The number of alkyl carbamates (subject to hydrolysis) is 1. The van der Waals surface area contributed by atoms with Gasteiger partial charge in [-0.25, -0.2) is 9.78 Å². The van der Waals surface area contributed by atoms with Crippen molar-refractivity contribution in [1.29, 1.82) is 0 Å². The third-order valence-electron chi connectivity index (χ3n) is 3.26. The summed E-state index contributed by atoms with van der Waals surface area (Å²) in [5.74, 6) is 0.624. The van der Waals surface area contributed by atoms with Crippen molar-refractivity contribution in [3.63, 3.8) is 0 Å². The average molecular weight is 328 g/mol. The van der Waals surface area contributed by atoms with Crippen LogP contribution in [0.3, 0.4) is 0 Å². The molecule has 1 heterocycles. The first-order chi connectivity index (χ1) is 11.3. The molecule has 6 heteroatoms. The van der Waals surface area contributed by atoms with E-state index >= 15 is 0 Å². The molecular weight excluding hydrogens is 304 g/mol. The zero-order valence-corrected chi connectivity index (χ0v) is 14.3. The van der Waals surface area contributed by atoms with E-state index in [-0.39, 0.29) is 6.04 Å². The van der Waals surface area contributed by atoms with E-state index in [0.717, 1.165) is 11.3 Å². The van der Waals surface area contributed by atoms with Crippen molar-refractivity contribution in [1.82, 2.24) is 15.3 Å². The molecule has 2 aromatic rings. The van der Waals surface area contributed by atoms with E-state index < -0.39 is 11.7 Å². The van der Waals surface area contributed by atoms with Crippen LogP contribution >= 0.6 is 0 Å². The van der Waals surface area contributed by atoms with Gasteiger partial charge in [-0.2, -0.15) is 0 Å². The van der Waals surface area contributed by atoms with Crippen molar-refractivity contribution in [3.8, 4) is 11.3 Å². The zero-order chi connectivity index (χ0) is 17.7. The molecule has 0 aliphatic carbocycles. The van der Waals surface area contributed by atoms with Crippen LogP contribution < -0.4 is 11.1 Å². The second-order valence-electron chi connectivity index (χ2n) is 6.48. The minimum absolute atomic E-state index is 0.351. The van der Waals surface area contributed by atoms with Gasteiger partial charge in [0.1, 0.15) is 11.4 Å². The number of ether oxygens (including phenoxy) is 1. The Labute approximate surface area is 142 Å². The number of H-pyrrole nitrogens is 1. The minimum Gasteiger partial charge on any atom is -0.444 e. The molecule has 0 fully saturated rings.